The van der Waals surface area contributed by atoms with E-state index in [9.17, 15) is 9.59 Å². The Bertz CT molecular complexity index is 384. The summed E-state index contributed by atoms with van der Waals surface area (Å²) in [5.41, 5.74) is 1.97. The lowest BCUT2D eigenvalue weighted by Gasteiger charge is -2.36. The van der Waals surface area contributed by atoms with Crippen LogP contribution in [0.3, 0.4) is 0 Å². The highest BCUT2D eigenvalue weighted by atomic mass is 16.7. The number of nitrogens with zero attached hydrogens (tertiary/aromatic N) is 1. The first-order valence-corrected chi connectivity index (χ1v) is 6.24. The van der Waals surface area contributed by atoms with E-state index in [1.165, 1.54) is 0 Å². The minimum atomic E-state index is -1.02. The Labute approximate surface area is 106 Å². The Morgan fingerprint density at radius 1 is 1.50 bits per heavy atom. The molecule has 18 heavy (non-hydrogen) atoms. The summed E-state index contributed by atoms with van der Waals surface area (Å²) < 4.78 is 0. The van der Waals surface area contributed by atoms with Gasteiger partial charge in [-0.1, -0.05) is 6.92 Å². The van der Waals surface area contributed by atoms with Crippen molar-refractivity contribution in [1.82, 2.24) is 10.4 Å². The molecule has 2 aliphatic rings. The van der Waals surface area contributed by atoms with Gasteiger partial charge in [-0.05, 0) is 12.5 Å². The summed E-state index contributed by atoms with van der Waals surface area (Å²) in [6.45, 7) is 3.21. The van der Waals surface area contributed by atoms with Gasteiger partial charge in [0.15, 0.2) is 0 Å². The molecule has 2 heterocycles. The molecule has 0 aliphatic carbocycles. The summed E-state index contributed by atoms with van der Waals surface area (Å²) in [5, 5.41) is 8.86. The zero-order valence-electron chi connectivity index (χ0n) is 10.4. The zero-order chi connectivity index (χ0) is 13.2. The Hall–Kier alpha value is -1.56. The van der Waals surface area contributed by atoms with E-state index >= 15 is 0 Å². The van der Waals surface area contributed by atoms with Gasteiger partial charge in [-0.2, -0.15) is 0 Å². The molecule has 0 bridgehead atoms. The maximum absolute atomic E-state index is 11.7. The molecule has 0 atom stereocenters. The zero-order valence-corrected chi connectivity index (χ0v) is 10.4. The number of carbonyl (C=O) groups excluding carboxylic acids is 1. The third kappa shape index (κ3) is 2.48. The maximum Gasteiger partial charge on any atom is 0.354 e. The summed E-state index contributed by atoms with van der Waals surface area (Å²) >= 11 is 0. The fraction of sp³-hybridized carbons (Fsp3) is 0.667. The summed E-state index contributed by atoms with van der Waals surface area (Å²) in [6.07, 6.45) is 4.30. The number of nitrogens with one attached hydrogen (secondary N) is 1. The summed E-state index contributed by atoms with van der Waals surface area (Å²) in [6, 6.07) is 0. The SMILES string of the molecule is CCCC(=O)N1CCC2(C=C(C(=O)O)NO2)CC1. The molecule has 1 amide bonds. The van der Waals surface area contributed by atoms with Gasteiger partial charge in [0.05, 0.1) is 0 Å². The second-order valence-corrected chi connectivity index (χ2v) is 4.76. The fourth-order valence-corrected chi connectivity index (χ4v) is 2.34. The molecule has 1 fully saturated rings. The highest BCUT2D eigenvalue weighted by Gasteiger charge is 2.40. The molecule has 0 radical (unpaired) electrons. The fourth-order valence-electron chi connectivity index (χ4n) is 2.34. The third-order valence-electron chi connectivity index (χ3n) is 3.43. The number of amides is 1. The Morgan fingerprint density at radius 2 is 2.17 bits per heavy atom. The number of carbonyl (C=O) groups is 2. The van der Waals surface area contributed by atoms with E-state index in [1.54, 1.807) is 6.08 Å². The van der Waals surface area contributed by atoms with Crippen LogP contribution in [0.5, 0.6) is 0 Å². The monoisotopic (exact) mass is 254 g/mol. The molecule has 100 valence electrons. The molecule has 0 aromatic heterocycles. The maximum atomic E-state index is 11.7. The van der Waals surface area contributed by atoms with Crippen LogP contribution in [0.25, 0.3) is 0 Å². The molecule has 0 aromatic carbocycles. The van der Waals surface area contributed by atoms with Crippen LogP contribution in [-0.4, -0.2) is 40.6 Å². The van der Waals surface area contributed by atoms with Crippen LogP contribution >= 0.6 is 0 Å². The predicted molar refractivity (Wildman–Crippen MR) is 63.4 cm³/mol. The number of likely N-dealkylation sites (tertiary alicyclic amines) is 1. The first-order valence-electron chi connectivity index (χ1n) is 6.24. The number of rotatable bonds is 3. The number of hydroxylamine groups is 1. The molecular formula is C12H18N2O4. The van der Waals surface area contributed by atoms with Crippen LogP contribution in [-0.2, 0) is 14.4 Å². The Morgan fingerprint density at radius 3 is 2.67 bits per heavy atom. The average Bonchev–Trinajstić information content (AvgIpc) is 2.75. The van der Waals surface area contributed by atoms with E-state index in [4.69, 9.17) is 9.94 Å². The van der Waals surface area contributed by atoms with Crippen LogP contribution in [0.2, 0.25) is 0 Å². The molecule has 2 rings (SSSR count). The van der Waals surface area contributed by atoms with E-state index in [0.717, 1.165) is 6.42 Å². The number of piperidine rings is 1. The van der Waals surface area contributed by atoms with Gasteiger partial charge < -0.3 is 10.0 Å². The van der Waals surface area contributed by atoms with Crippen LogP contribution < -0.4 is 5.48 Å². The number of carboxylic acid groups (broad SMARTS) is 1. The van der Waals surface area contributed by atoms with Crippen LogP contribution in [0, 0.1) is 0 Å². The quantitative estimate of drug-likeness (QED) is 0.773. The number of aliphatic carboxylic acids is 1. The van der Waals surface area contributed by atoms with Crippen molar-refractivity contribution < 1.29 is 19.5 Å². The molecule has 0 saturated carbocycles. The van der Waals surface area contributed by atoms with Gasteiger partial charge in [-0.15, -0.1) is 0 Å². The van der Waals surface area contributed by atoms with Crippen molar-refractivity contribution in [3.05, 3.63) is 11.8 Å². The van der Waals surface area contributed by atoms with E-state index in [0.29, 0.717) is 32.4 Å². The molecule has 2 N–H and O–H groups in total. The van der Waals surface area contributed by atoms with Crippen molar-refractivity contribution in [1.29, 1.82) is 0 Å². The normalized spacial score (nSPS) is 21.6. The van der Waals surface area contributed by atoms with E-state index in [2.05, 4.69) is 5.48 Å². The highest BCUT2D eigenvalue weighted by molar-refractivity contribution is 5.86. The van der Waals surface area contributed by atoms with E-state index in [-0.39, 0.29) is 11.6 Å². The average molecular weight is 254 g/mol. The molecule has 0 aromatic rings. The lowest BCUT2D eigenvalue weighted by molar-refractivity contribution is -0.138. The topological polar surface area (TPSA) is 78.9 Å². The van der Waals surface area contributed by atoms with E-state index < -0.39 is 11.6 Å². The van der Waals surface area contributed by atoms with E-state index in [1.807, 2.05) is 11.8 Å². The molecule has 0 unspecified atom stereocenters. The van der Waals surface area contributed by atoms with Crippen molar-refractivity contribution >= 4 is 11.9 Å². The van der Waals surface area contributed by atoms with Crippen molar-refractivity contribution in [3.63, 3.8) is 0 Å². The largest absolute Gasteiger partial charge is 0.477 e. The Balaban J connectivity index is 1.95. The van der Waals surface area contributed by atoms with Crippen molar-refractivity contribution in [3.8, 4) is 0 Å². The molecule has 1 spiro atoms. The number of carboxylic acids is 1. The first-order chi connectivity index (χ1) is 8.56. The number of hydrogen-bond acceptors (Lipinski definition) is 4. The lowest BCUT2D eigenvalue weighted by atomic mass is 9.90. The predicted octanol–water partition coefficient (Wildman–Crippen LogP) is 0.651. The van der Waals surface area contributed by atoms with Crippen LogP contribution in [0.4, 0.5) is 0 Å². The van der Waals surface area contributed by atoms with Gasteiger partial charge in [0.2, 0.25) is 5.91 Å². The first kappa shape index (κ1) is 12.9. The molecule has 2 aliphatic heterocycles. The van der Waals surface area contributed by atoms with Crippen molar-refractivity contribution in [2.24, 2.45) is 0 Å². The number of hydrogen-bond donors (Lipinski definition) is 2. The smallest absolute Gasteiger partial charge is 0.354 e. The molecule has 6 heteroatoms. The van der Waals surface area contributed by atoms with Gasteiger partial charge in [-0.25, -0.2) is 4.79 Å². The second-order valence-electron chi connectivity index (χ2n) is 4.76. The minimum absolute atomic E-state index is 0.0864. The summed E-state index contributed by atoms with van der Waals surface area (Å²) in [4.78, 5) is 29.8. The molecule has 6 nitrogen and oxygen atoms in total. The van der Waals surface area contributed by atoms with Gasteiger partial charge in [0.25, 0.3) is 0 Å². The van der Waals surface area contributed by atoms with Crippen LogP contribution in [0.1, 0.15) is 32.6 Å². The molecule has 1 saturated heterocycles. The minimum Gasteiger partial charge on any atom is -0.477 e. The van der Waals surface area contributed by atoms with Crippen molar-refractivity contribution in [2.75, 3.05) is 13.1 Å². The summed E-state index contributed by atoms with van der Waals surface area (Å²) in [7, 11) is 0. The summed E-state index contributed by atoms with van der Waals surface area (Å²) in [5.74, 6) is -0.850. The van der Waals surface area contributed by atoms with Crippen LogP contribution in [0.15, 0.2) is 11.8 Å². The van der Waals surface area contributed by atoms with Gasteiger partial charge >= 0.3 is 5.97 Å². The van der Waals surface area contributed by atoms with Gasteiger partial charge in [0.1, 0.15) is 11.3 Å². The van der Waals surface area contributed by atoms with Gasteiger partial charge in [0, 0.05) is 32.4 Å². The highest BCUT2D eigenvalue weighted by Crippen LogP contribution is 2.32. The standard InChI is InChI=1S/C12H18N2O4/c1-2-3-10(15)14-6-4-12(5-7-14)8-9(11(16)17)13-18-12/h8,13H,2-7H2,1H3,(H,16,17). The van der Waals surface area contributed by atoms with Crippen molar-refractivity contribution in [2.45, 2.75) is 38.2 Å². The lowest BCUT2D eigenvalue weighted by Crippen LogP contribution is -2.46. The third-order valence-corrected chi connectivity index (χ3v) is 3.43. The van der Waals surface area contributed by atoms with Gasteiger partial charge in [-0.3, -0.25) is 15.1 Å². The second kappa shape index (κ2) is 4.97. The molecular weight excluding hydrogens is 236 g/mol. The Kier molecular flexibility index (Phi) is 3.56.